The summed E-state index contributed by atoms with van der Waals surface area (Å²) in [5.74, 6) is 0.196. The summed E-state index contributed by atoms with van der Waals surface area (Å²) >= 11 is 0. The van der Waals surface area contributed by atoms with Crippen molar-refractivity contribution in [3.05, 3.63) is 52.9 Å². The van der Waals surface area contributed by atoms with E-state index in [9.17, 15) is 13.6 Å². The van der Waals surface area contributed by atoms with Gasteiger partial charge in [0.1, 0.15) is 11.6 Å². The first kappa shape index (κ1) is 19.1. The molecule has 2 aromatic rings. The average Bonchev–Trinajstić information content (AvgIpc) is 3.44. The monoisotopic (exact) mass is 424 g/mol. The molecule has 0 saturated heterocycles. The highest BCUT2D eigenvalue weighted by molar-refractivity contribution is 5.82. The van der Waals surface area contributed by atoms with Gasteiger partial charge in [-0.15, -0.1) is 0 Å². The number of carbonyl (C=O) groups is 1. The first-order valence-corrected chi connectivity index (χ1v) is 11.4. The lowest BCUT2D eigenvalue weighted by Gasteiger charge is -2.51. The summed E-state index contributed by atoms with van der Waals surface area (Å²) in [5.41, 5.74) is 3.22. The summed E-state index contributed by atoms with van der Waals surface area (Å²) in [7, 11) is 0. The molecule has 162 valence electrons. The lowest BCUT2D eigenvalue weighted by atomic mass is 9.55. The van der Waals surface area contributed by atoms with Crippen LogP contribution in [0, 0.1) is 35.3 Å². The summed E-state index contributed by atoms with van der Waals surface area (Å²) in [4.78, 5) is 13.5. The number of hydrogen-bond donors (Lipinski definition) is 0. The van der Waals surface area contributed by atoms with E-state index < -0.39 is 17.7 Å². The topological polar surface area (TPSA) is 50.5 Å². The predicted molar refractivity (Wildman–Crippen MR) is 111 cm³/mol. The fraction of sp³-hybridized carbons (Fsp3) is 0.542. The van der Waals surface area contributed by atoms with Gasteiger partial charge in [0.15, 0.2) is 0 Å². The van der Waals surface area contributed by atoms with E-state index in [1.165, 1.54) is 34.8 Å². The second kappa shape index (κ2) is 7.24. The average molecular weight is 424 g/mol. The van der Waals surface area contributed by atoms with Crippen molar-refractivity contribution in [1.82, 2.24) is 14.8 Å². The third kappa shape index (κ3) is 3.20. The number of amides is 1. The van der Waals surface area contributed by atoms with Gasteiger partial charge in [-0.25, -0.2) is 13.8 Å². The number of hydrogen-bond acceptors (Lipinski definition) is 3. The molecular weight excluding hydrogens is 398 g/mol. The minimum absolute atomic E-state index is 0.00210. The Labute approximate surface area is 180 Å². The molecule has 0 radical (unpaired) electrons. The van der Waals surface area contributed by atoms with Gasteiger partial charge in [-0.1, -0.05) is 0 Å². The molecule has 7 rings (SSSR count). The molecule has 2 heterocycles. The largest absolute Gasteiger partial charge is 0.273 e. The van der Waals surface area contributed by atoms with Crippen LogP contribution in [0.5, 0.6) is 0 Å². The van der Waals surface area contributed by atoms with Crippen LogP contribution in [0.4, 0.5) is 8.78 Å². The quantitative estimate of drug-likeness (QED) is 0.736. The molecule has 0 spiro atoms. The van der Waals surface area contributed by atoms with E-state index in [2.05, 4.69) is 14.9 Å². The number of fused-ring (bicyclic) bond motifs is 3. The van der Waals surface area contributed by atoms with Gasteiger partial charge in [0.05, 0.1) is 12.2 Å². The summed E-state index contributed by atoms with van der Waals surface area (Å²) in [6.45, 7) is 0.887. The molecule has 5 aliphatic rings. The molecule has 3 saturated carbocycles. The molecule has 2 unspecified atom stereocenters. The zero-order valence-electron chi connectivity index (χ0n) is 17.4. The lowest BCUT2D eigenvalue weighted by Crippen LogP contribution is -2.49. The first-order chi connectivity index (χ1) is 15.1. The van der Waals surface area contributed by atoms with Gasteiger partial charge >= 0.3 is 0 Å². The maximum atomic E-state index is 13.8. The normalized spacial score (nSPS) is 31.0. The van der Waals surface area contributed by atoms with Gasteiger partial charge in [-0.2, -0.15) is 10.2 Å². The minimum atomic E-state index is -0.624. The van der Waals surface area contributed by atoms with Crippen molar-refractivity contribution >= 4 is 12.1 Å². The van der Waals surface area contributed by atoms with Crippen molar-refractivity contribution in [1.29, 1.82) is 0 Å². The van der Waals surface area contributed by atoms with Gasteiger partial charge < -0.3 is 0 Å². The Hall–Kier alpha value is -2.57. The van der Waals surface area contributed by atoms with Crippen molar-refractivity contribution < 1.29 is 13.6 Å². The van der Waals surface area contributed by atoms with Gasteiger partial charge in [0, 0.05) is 36.9 Å². The third-order valence-electron chi connectivity index (χ3n) is 7.95. The van der Waals surface area contributed by atoms with Crippen LogP contribution in [-0.2, 0) is 24.2 Å². The van der Waals surface area contributed by atoms with Gasteiger partial charge in [0.2, 0.25) is 5.91 Å². The van der Waals surface area contributed by atoms with Crippen molar-refractivity contribution in [2.75, 3.05) is 0 Å². The Morgan fingerprint density at radius 1 is 1.06 bits per heavy atom. The maximum Gasteiger partial charge on any atom is 0.246 e. The van der Waals surface area contributed by atoms with Crippen LogP contribution in [0.15, 0.2) is 29.5 Å². The van der Waals surface area contributed by atoms with E-state index in [0.29, 0.717) is 29.7 Å². The number of nitrogens with zero attached hydrogens (tertiary/aromatic N) is 4. The molecule has 3 fully saturated rings. The Bertz CT molecular complexity index is 1040. The zero-order chi connectivity index (χ0) is 21.1. The predicted octanol–water partition coefficient (Wildman–Crippen LogP) is 4.27. The molecule has 4 aliphatic carbocycles. The smallest absolute Gasteiger partial charge is 0.246 e. The van der Waals surface area contributed by atoms with E-state index >= 15 is 0 Å². The maximum absolute atomic E-state index is 13.8. The highest BCUT2D eigenvalue weighted by atomic mass is 19.1. The van der Waals surface area contributed by atoms with Crippen LogP contribution < -0.4 is 0 Å². The highest BCUT2D eigenvalue weighted by Gasteiger charge is 2.50. The van der Waals surface area contributed by atoms with Gasteiger partial charge in [-0.3, -0.25) is 9.48 Å². The Morgan fingerprint density at radius 2 is 1.87 bits per heavy atom. The number of rotatable bonds is 4. The summed E-state index contributed by atoms with van der Waals surface area (Å²) < 4.78 is 29.7. The van der Waals surface area contributed by atoms with E-state index in [-0.39, 0.29) is 11.8 Å². The van der Waals surface area contributed by atoms with E-state index in [0.717, 1.165) is 44.7 Å². The number of benzene rings is 1. The van der Waals surface area contributed by atoms with E-state index in [1.807, 2.05) is 6.20 Å². The summed E-state index contributed by atoms with van der Waals surface area (Å²) in [6.07, 6.45) is 10.6. The fourth-order valence-corrected chi connectivity index (χ4v) is 6.27. The molecule has 3 atom stereocenters. The van der Waals surface area contributed by atoms with Crippen molar-refractivity contribution in [2.45, 2.75) is 57.5 Å². The SMILES string of the molecule is O=C(C1C[C@@H](Cn2ncc3c2CCC3)C2CC1C2)N1N=CCC1c1cc(F)cc(F)c1. The third-order valence-corrected chi connectivity index (χ3v) is 7.95. The van der Waals surface area contributed by atoms with Crippen molar-refractivity contribution in [2.24, 2.45) is 28.8 Å². The second-order valence-electron chi connectivity index (χ2n) is 9.68. The Morgan fingerprint density at radius 3 is 2.68 bits per heavy atom. The molecule has 7 heteroatoms. The minimum Gasteiger partial charge on any atom is -0.273 e. The number of aromatic nitrogens is 2. The van der Waals surface area contributed by atoms with Crippen molar-refractivity contribution in [3.63, 3.8) is 0 Å². The van der Waals surface area contributed by atoms with Crippen LogP contribution in [0.25, 0.3) is 0 Å². The van der Waals surface area contributed by atoms with E-state index in [1.54, 1.807) is 6.21 Å². The van der Waals surface area contributed by atoms with Crippen LogP contribution >= 0.6 is 0 Å². The first-order valence-electron chi connectivity index (χ1n) is 11.4. The number of aryl methyl sites for hydroxylation is 1. The zero-order valence-corrected chi connectivity index (χ0v) is 17.4. The molecule has 1 aromatic carbocycles. The van der Waals surface area contributed by atoms with Crippen molar-refractivity contribution in [3.8, 4) is 0 Å². The molecule has 1 aliphatic heterocycles. The number of carbonyl (C=O) groups excluding carboxylic acids is 1. The molecule has 1 amide bonds. The molecular formula is C24H26F2N4O. The molecule has 5 nitrogen and oxygen atoms in total. The number of halogens is 2. The van der Waals surface area contributed by atoms with Crippen LogP contribution in [0.3, 0.4) is 0 Å². The lowest BCUT2D eigenvalue weighted by molar-refractivity contribution is -0.147. The van der Waals surface area contributed by atoms with Crippen LogP contribution in [-0.4, -0.2) is 26.9 Å². The highest BCUT2D eigenvalue weighted by Crippen LogP contribution is 2.53. The summed E-state index contributed by atoms with van der Waals surface area (Å²) in [5, 5.41) is 10.4. The van der Waals surface area contributed by atoms with Crippen LogP contribution in [0.2, 0.25) is 0 Å². The number of hydrazone groups is 1. The van der Waals surface area contributed by atoms with Gasteiger partial charge in [0.25, 0.3) is 0 Å². The molecule has 0 N–H and O–H groups in total. The standard InChI is InChI=1S/C24H26F2N4O/c25-19-8-17(9-20(26)11-19)23-4-5-27-30(23)24(31)21-10-18(15-6-16(21)7-15)13-29-22-3-1-2-14(22)12-28-29/h5,8-9,11-12,15-16,18,21,23H,1-4,6-7,10,13H2/t15?,16?,18-,21?,23?/m0/s1. The van der Waals surface area contributed by atoms with Gasteiger partial charge in [-0.05, 0) is 79.5 Å². The van der Waals surface area contributed by atoms with Crippen LogP contribution in [0.1, 0.15) is 55.0 Å². The summed E-state index contributed by atoms with van der Waals surface area (Å²) in [6, 6.07) is 3.05. The van der Waals surface area contributed by atoms with E-state index in [4.69, 9.17) is 0 Å². The fourth-order valence-electron chi connectivity index (χ4n) is 6.27. The Kier molecular flexibility index (Phi) is 4.47. The molecule has 1 aromatic heterocycles. The molecule has 31 heavy (non-hydrogen) atoms. The molecule has 2 bridgehead atoms. The Balaban J connectivity index is 1.20. The second-order valence-corrected chi connectivity index (χ2v) is 9.68.